The Bertz CT molecular complexity index is 464. The zero-order valence-corrected chi connectivity index (χ0v) is 9.48. The van der Waals surface area contributed by atoms with E-state index in [9.17, 15) is 0 Å². The molecule has 2 N–H and O–H groups in total. The summed E-state index contributed by atoms with van der Waals surface area (Å²) in [6.45, 7) is 3.92. The third-order valence-corrected chi connectivity index (χ3v) is 2.55. The second kappa shape index (κ2) is 5.09. The van der Waals surface area contributed by atoms with Gasteiger partial charge in [0.2, 0.25) is 0 Å². The molecule has 4 heteroatoms. The maximum Gasteiger partial charge on any atom is 0.136 e. The molecular formula is C12H17N3O. The van der Waals surface area contributed by atoms with Crippen LogP contribution < -0.4 is 5.32 Å². The van der Waals surface area contributed by atoms with Gasteiger partial charge in [-0.3, -0.25) is 0 Å². The minimum atomic E-state index is 0.235. The molecule has 0 amide bonds. The van der Waals surface area contributed by atoms with Crippen LogP contribution >= 0.6 is 0 Å². The molecule has 0 aromatic carbocycles. The van der Waals surface area contributed by atoms with E-state index >= 15 is 0 Å². The minimum absolute atomic E-state index is 0.235. The van der Waals surface area contributed by atoms with Crippen LogP contribution in [-0.2, 0) is 6.54 Å². The normalized spacial score (nSPS) is 11.1. The summed E-state index contributed by atoms with van der Waals surface area (Å²) in [6, 6.07) is 4.08. The first-order valence-corrected chi connectivity index (χ1v) is 5.55. The topological polar surface area (TPSA) is 49.6 Å². The number of aromatic nitrogens is 2. The molecule has 0 spiro atoms. The Kier molecular flexibility index (Phi) is 3.54. The van der Waals surface area contributed by atoms with Crippen molar-refractivity contribution in [3.63, 3.8) is 0 Å². The van der Waals surface area contributed by atoms with E-state index in [4.69, 9.17) is 5.11 Å². The Hall–Kier alpha value is -1.39. The van der Waals surface area contributed by atoms with E-state index < -0.39 is 0 Å². The molecule has 0 unspecified atom stereocenters. The number of nitrogens with one attached hydrogen (secondary N) is 1. The lowest BCUT2D eigenvalue weighted by molar-refractivity contribution is 0.286. The summed E-state index contributed by atoms with van der Waals surface area (Å²) in [5.41, 5.74) is 3.35. The highest BCUT2D eigenvalue weighted by Gasteiger charge is 2.02. The average molecular weight is 219 g/mol. The van der Waals surface area contributed by atoms with Crippen molar-refractivity contribution >= 4 is 5.65 Å². The van der Waals surface area contributed by atoms with Gasteiger partial charge in [-0.1, -0.05) is 6.07 Å². The predicted octanol–water partition coefficient (Wildman–Crippen LogP) is 1.11. The fourth-order valence-electron chi connectivity index (χ4n) is 1.69. The van der Waals surface area contributed by atoms with Crippen LogP contribution in [0.1, 0.15) is 17.7 Å². The number of aliphatic hydroxyl groups is 1. The van der Waals surface area contributed by atoms with Gasteiger partial charge in [0.25, 0.3) is 0 Å². The monoisotopic (exact) mass is 219 g/mol. The van der Waals surface area contributed by atoms with Gasteiger partial charge in [-0.25, -0.2) is 4.98 Å². The fourth-order valence-corrected chi connectivity index (χ4v) is 1.69. The van der Waals surface area contributed by atoms with Crippen molar-refractivity contribution < 1.29 is 5.11 Å². The van der Waals surface area contributed by atoms with E-state index in [0.717, 1.165) is 30.9 Å². The number of imidazole rings is 1. The summed E-state index contributed by atoms with van der Waals surface area (Å²) in [5, 5.41) is 12.0. The molecule has 2 rings (SSSR count). The van der Waals surface area contributed by atoms with Gasteiger partial charge in [0.1, 0.15) is 5.65 Å². The van der Waals surface area contributed by atoms with Crippen molar-refractivity contribution in [2.75, 3.05) is 13.2 Å². The van der Waals surface area contributed by atoms with Gasteiger partial charge in [-0.2, -0.15) is 0 Å². The van der Waals surface area contributed by atoms with Gasteiger partial charge in [0, 0.05) is 19.3 Å². The smallest absolute Gasteiger partial charge is 0.136 e. The van der Waals surface area contributed by atoms with Crippen LogP contribution in [0.3, 0.4) is 0 Å². The Labute approximate surface area is 94.9 Å². The molecule has 0 bridgehead atoms. The minimum Gasteiger partial charge on any atom is -0.396 e. The number of fused-ring (bicyclic) bond motifs is 1. The van der Waals surface area contributed by atoms with Crippen LogP contribution in [0.5, 0.6) is 0 Å². The third-order valence-electron chi connectivity index (χ3n) is 2.55. The van der Waals surface area contributed by atoms with Crippen LogP contribution in [0.15, 0.2) is 24.5 Å². The van der Waals surface area contributed by atoms with Crippen molar-refractivity contribution in [3.05, 3.63) is 35.8 Å². The highest BCUT2D eigenvalue weighted by atomic mass is 16.3. The number of nitrogens with zero attached hydrogens (tertiary/aromatic N) is 2. The Morgan fingerprint density at radius 2 is 2.31 bits per heavy atom. The zero-order valence-electron chi connectivity index (χ0n) is 9.48. The lowest BCUT2D eigenvalue weighted by Crippen LogP contribution is -2.16. The molecule has 0 radical (unpaired) electrons. The molecule has 0 aliphatic rings. The molecule has 2 aromatic rings. The molecule has 0 saturated carbocycles. The SMILES string of the molecule is Cc1ccc2ncc(CNCCCO)n2c1. The first kappa shape index (κ1) is 11.1. The second-order valence-electron chi connectivity index (χ2n) is 3.94. The number of hydrogen-bond acceptors (Lipinski definition) is 3. The van der Waals surface area contributed by atoms with Crippen molar-refractivity contribution in [2.45, 2.75) is 19.9 Å². The second-order valence-corrected chi connectivity index (χ2v) is 3.94. The number of aliphatic hydroxyl groups excluding tert-OH is 1. The molecule has 2 heterocycles. The van der Waals surface area contributed by atoms with Crippen LogP contribution in [0.25, 0.3) is 5.65 Å². The predicted molar refractivity (Wildman–Crippen MR) is 63.3 cm³/mol. The summed E-state index contributed by atoms with van der Waals surface area (Å²) >= 11 is 0. The lowest BCUT2D eigenvalue weighted by Gasteiger charge is -2.04. The van der Waals surface area contributed by atoms with Crippen LogP contribution in [0.2, 0.25) is 0 Å². The van der Waals surface area contributed by atoms with Gasteiger partial charge >= 0.3 is 0 Å². The Morgan fingerprint density at radius 3 is 3.12 bits per heavy atom. The molecule has 0 aliphatic heterocycles. The van der Waals surface area contributed by atoms with Crippen LogP contribution in [0, 0.1) is 6.92 Å². The van der Waals surface area contributed by atoms with E-state index in [0.29, 0.717) is 0 Å². The standard InChI is InChI=1S/C12H17N3O/c1-10-3-4-12-14-8-11(15(12)9-10)7-13-5-2-6-16/h3-4,8-9,13,16H,2,5-7H2,1H3. The third kappa shape index (κ3) is 2.40. The summed E-state index contributed by atoms with van der Waals surface area (Å²) in [5.74, 6) is 0. The highest BCUT2D eigenvalue weighted by molar-refractivity contribution is 5.41. The molecule has 0 atom stereocenters. The maximum absolute atomic E-state index is 8.67. The van der Waals surface area contributed by atoms with Gasteiger partial charge in [-0.05, 0) is 31.5 Å². The van der Waals surface area contributed by atoms with E-state index in [2.05, 4.69) is 33.9 Å². The van der Waals surface area contributed by atoms with Gasteiger partial charge in [0.05, 0.1) is 11.9 Å². The molecule has 86 valence electrons. The van der Waals surface area contributed by atoms with Gasteiger partial charge in [0.15, 0.2) is 0 Å². The first-order chi connectivity index (χ1) is 7.81. The van der Waals surface area contributed by atoms with Crippen molar-refractivity contribution in [3.8, 4) is 0 Å². The fraction of sp³-hybridized carbons (Fsp3) is 0.417. The highest BCUT2D eigenvalue weighted by Crippen LogP contribution is 2.08. The first-order valence-electron chi connectivity index (χ1n) is 5.55. The summed E-state index contributed by atoms with van der Waals surface area (Å²) in [6.07, 6.45) is 4.77. The molecule has 0 saturated heterocycles. The average Bonchev–Trinajstić information content (AvgIpc) is 2.67. The zero-order chi connectivity index (χ0) is 11.4. The van der Waals surface area contributed by atoms with E-state index in [-0.39, 0.29) is 6.61 Å². The lowest BCUT2D eigenvalue weighted by atomic mass is 10.3. The molecule has 2 aromatic heterocycles. The number of aryl methyl sites for hydroxylation is 1. The number of hydrogen-bond donors (Lipinski definition) is 2. The summed E-state index contributed by atoms with van der Waals surface area (Å²) in [4.78, 5) is 4.33. The molecule has 0 fully saturated rings. The molecular weight excluding hydrogens is 202 g/mol. The van der Waals surface area contributed by atoms with Crippen molar-refractivity contribution in [1.29, 1.82) is 0 Å². The van der Waals surface area contributed by atoms with Gasteiger partial charge in [-0.15, -0.1) is 0 Å². The largest absolute Gasteiger partial charge is 0.396 e. The Balaban J connectivity index is 2.09. The van der Waals surface area contributed by atoms with E-state index in [1.807, 2.05) is 12.3 Å². The van der Waals surface area contributed by atoms with E-state index in [1.54, 1.807) is 0 Å². The molecule has 16 heavy (non-hydrogen) atoms. The summed E-state index contributed by atoms with van der Waals surface area (Å²) in [7, 11) is 0. The van der Waals surface area contributed by atoms with Gasteiger partial charge < -0.3 is 14.8 Å². The van der Waals surface area contributed by atoms with Crippen LogP contribution in [-0.4, -0.2) is 27.6 Å². The quantitative estimate of drug-likeness (QED) is 0.741. The van der Waals surface area contributed by atoms with Crippen molar-refractivity contribution in [1.82, 2.24) is 14.7 Å². The summed E-state index contributed by atoms with van der Waals surface area (Å²) < 4.78 is 2.10. The Morgan fingerprint density at radius 1 is 1.44 bits per heavy atom. The number of pyridine rings is 1. The molecule has 4 nitrogen and oxygen atoms in total. The molecule has 0 aliphatic carbocycles. The van der Waals surface area contributed by atoms with Crippen molar-refractivity contribution in [2.24, 2.45) is 0 Å². The van der Waals surface area contributed by atoms with Crippen LogP contribution in [0.4, 0.5) is 0 Å². The maximum atomic E-state index is 8.67. The van der Waals surface area contributed by atoms with E-state index in [1.165, 1.54) is 5.56 Å². The number of rotatable bonds is 5.